The number of hydrogen-bond donors (Lipinski definition) is 1. The lowest BCUT2D eigenvalue weighted by Gasteiger charge is -2.34. The molecule has 3 rings (SSSR count). The zero-order valence-electron chi connectivity index (χ0n) is 21.1. The molecule has 0 aliphatic carbocycles. The van der Waals surface area contributed by atoms with E-state index in [2.05, 4.69) is 5.32 Å². The normalized spacial score (nSPS) is 12.1. The number of amides is 2. The molecule has 1 N–H and O–H groups in total. The number of carbonyl (C=O) groups is 2. The summed E-state index contributed by atoms with van der Waals surface area (Å²) in [5, 5.41) is 3.96. The lowest BCUT2D eigenvalue weighted by molar-refractivity contribution is -0.143. The van der Waals surface area contributed by atoms with Crippen LogP contribution >= 0.6 is 23.2 Å². The van der Waals surface area contributed by atoms with Gasteiger partial charge < -0.3 is 15.0 Å². The van der Waals surface area contributed by atoms with Crippen LogP contribution in [0.5, 0.6) is 5.75 Å². The Kier molecular flexibility index (Phi) is 9.41. The molecule has 0 heterocycles. The first-order valence-electron chi connectivity index (χ1n) is 11.8. The lowest BCUT2D eigenvalue weighted by Crippen LogP contribution is -2.55. The average Bonchev–Trinajstić information content (AvgIpc) is 2.80. The fourth-order valence-electron chi connectivity index (χ4n) is 3.77. The van der Waals surface area contributed by atoms with Crippen LogP contribution in [0.3, 0.4) is 0 Å². The van der Waals surface area contributed by atoms with Gasteiger partial charge in [0.1, 0.15) is 11.8 Å². The summed E-state index contributed by atoms with van der Waals surface area (Å²) in [6, 6.07) is 21.5. The molecule has 0 unspecified atom stereocenters. The number of ether oxygens (including phenoxy) is 1. The van der Waals surface area contributed by atoms with Crippen molar-refractivity contribution in [2.75, 3.05) is 6.61 Å². The SMILES string of the molecule is Cc1cccc(OCC(=O)N(Cc2ccc(Cl)cc2Cl)[C@@H](Cc2ccccc2)C(=O)NC(C)(C)C)c1. The molecule has 0 saturated carbocycles. The molecule has 190 valence electrons. The van der Waals surface area contributed by atoms with Crippen LogP contribution in [0.4, 0.5) is 0 Å². The Hall–Kier alpha value is -3.02. The summed E-state index contributed by atoms with van der Waals surface area (Å²) in [4.78, 5) is 28.7. The maximum absolute atomic E-state index is 13.6. The zero-order valence-corrected chi connectivity index (χ0v) is 22.6. The van der Waals surface area contributed by atoms with Crippen LogP contribution in [0.25, 0.3) is 0 Å². The lowest BCUT2D eigenvalue weighted by atomic mass is 10.0. The van der Waals surface area contributed by atoms with E-state index in [-0.39, 0.29) is 25.0 Å². The Balaban J connectivity index is 1.96. The van der Waals surface area contributed by atoms with Crippen molar-refractivity contribution in [3.63, 3.8) is 0 Å². The quantitative estimate of drug-likeness (QED) is 0.359. The molecule has 0 spiro atoms. The summed E-state index contributed by atoms with van der Waals surface area (Å²) in [5.74, 6) is 0.0134. The van der Waals surface area contributed by atoms with Gasteiger partial charge in [0.15, 0.2) is 6.61 Å². The summed E-state index contributed by atoms with van der Waals surface area (Å²) in [6.07, 6.45) is 0.337. The Bertz CT molecular complexity index is 1190. The Morgan fingerprint density at radius 2 is 1.69 bits per heavy atom. The minimum Gasteiger partial charge on any atom is -0.484 e. The van der Waals surface area contributed by atoms with Gasteiger partial charge in [0.25, 0.3) is 5.91 Å². The number of rotatable bonds is 9. The number of halogens is 2. The van der Waals surface area contributed by atoms with Gasteiger partial charge in [-0.2, -0.15) is 0 Å². The predicted molar refractivity (Wildman–Crippen MR) is 146 cm³/mol. The first-order valence-corrected chi connectivity index (χ1v) is 12.6. The Morgan fingerprint density at radius 1 is 0.972 bits per heavy atom. The van der Waals surface area contributed by atoms with Crippen LogP contribution < -0.4 is 10.1 Å². The molecule has 7 heteroatoms. The van der Waals surface area contributed by atoms with Gasteiger partial charge in [-0.15, -0.1) is 0 Å². The maximum atomic E-state index is 13.6. The van der Waals surface area contributed by atoms with Gasteiger partial charge in [0.05, 0.1) is 0 Å². The van der Waals surface area contributed by atoms with E-state index in [0.717, 1.165) is 11.1 Å². The van der Waals surface area contributed by atoms with Crippen molar-refractivity contribution >= 4 is 35.0 Å². The van der Waals surface area contributed by atoms with Crippen molar-refractivity contribution < 1.29 is 14.3 Å². The van der Waals surface area contributed by atoms with Crippen LogP contribution in [-0.2, 0) is 22.6 Å². The van der Waals surface area contributed by atoms with E-state index in [1.165, 1.54) is 0 Å². The average molecular weight is 527 g/mol. The molecule has 0 bridgehead atoms. The first kappa shape index (κ1) is 27.6. The van der Waals surface area contributed by atoms with Crippen molar-refractivity contribution in [1.82, 2.24) is 10.2 Å². The number of carbonyl (C=O) groups excluding carboxylic acids is 2. The molecule has 0 aliphatic rings. The fourth-order valence-corrected chi connectivity index (χ4v) is 4.24. The Labute approximate surface area is 223 Å². The van der Waals surface area contributed by atoms with E-state index in [4.69, 9.17) is 27.9 Å². The van der Waals surface area contributed by atoms with Crippen molar-refractivity contribution in [3.05, 3.63) is 99.5 Å². The van der Waals surface area contributed by atoms with Gasteiger partial charge in [-0.25, -0.2) is 0 Å². The smallest absolute Gasteiger partial charge is 0.261 e. The number of hydrogen-bond acceptors (Lipinski definition) is 3. The molecule has 3 aromatic rings. The molecular weight excluding hydrogens is 495 g/mol. The highest BCUT2D eigenvalue weighted by Crippen LogP contribution is 2.24. The third-order valence-corrected chi connectivity index (χ3v) is 6.06. The third-order valence-electron chi connectivity index (χ3n) is 5.48. The van der Waals surface area contributed by atoms with Gasteiger partial charge in [-0.1, -0.05) is 71.7 Å². The second-order valence-electron chi connectivity index (χ2n) is 9.81. The van der Waals surface area contributed by atoms with Crippen molar-refractivity contribution in [1.29, 1.82) is 0 Å². The van der Waals surface area contributed by atoms with Crippen molar-refractivity contribution in [3.8, 4) is 5.75 Å². The number of benzene rings is 3. The molecule has 0 aromatic heterocycles. The van der Waals surface area contributed by atoms with E-state index in [1.807, 2.05) is 76.2 Å². The summed E-state index contributed by atoms with van der Waals surface area (Å²) >= 11 is 12.6. The number of nitrogens with zero attached hydrogens (tertiary/aromatic N) is 1. The third kappa shape index (κ3) is 8.28. The highest BCUT2D eigenvalue weighted by atomic mass is 35.5. The van der Waals surface area contributed by atoms with Crippen LogP contribution in [-0.4, -0.2) is 34.9 Å². The molecule has 1 atom stereocenters. The van der Waals surface area contributed by atoms with Gasteiger partial charge >= 0.3 is 0 Å². The van der Waals surface area contributed by atoms with E-state index in [0.29, 0.717) is 27.8 Å². The van der Waals surface area contributed by atoms with E-state index >= 15 is 0 Å². The van der Waals surface area contributed by atoms with Crippen molar-refractivity contribution in [2.45, 2.75) is 52.2 Å². The molecule has 0 aliphatic heterocycles. The molecule has 36 heavy (non-hydrogen) atoms. The van der Waals surface area contributed by atoms with E-state index in [9.17, 15) is 9.59 Å². The van der Waals surface area contributed by atoms with Crippen LogP contribution in [0.2, 0.25) is 10.0 Å². The highest BCUT2D eigenvalue weighted by molar-refractivity contribution is 6.35. The standard InChI is InChI=1S/C29H32Cl2N2O3/c1-20-9-8-12-24(15-20)36-19-27(34)33(18-22-13-14-23(30)17-25(22)31)26(28(35)32-29(2,3)4)16-21-10-6-5-7-11-21/h5-15,17,26H,16,18-19H2,1-4H3,(H,32,35)/t26-/m0/s1. The van der Waals surface area contributed by atoms with Gasteiger partial charge in [0.2, 0.25) is 5.91 Å². The summed E-state index contributed by atoms with van der Waals surface area (Å²) in [5.41, 5.74) is 2.17. The Morgan fingerprint density at radius 3 is 2.33 bits per heavy atom. The first-order chi connectivity index (χ1) is 17.0. The minimum atomic E-state index is -0.785. The van der Waals surface area contributed by atoms with Crippen LogP contribution in [0.15, 0.2) is 72.8 Å². The van der Waals surface area contributed by atoms with Crippen LogP contribution in [0.1, 0.15) is 37.5 Å². The topological polar surface area (TPSA) is 58.6 Å². The van der Waals surface area contributed by atoms with E-state index < -0.39 is 11.6 Å². The zero-order chi connectivity index (χ0) is 26.3. The fraction of sp³-hybridized carbons (Fsp3) is 0.310. The molecule has 3 aromatic carbocycles. The van der Waals surface area contributed by atoms with Gasteiger partial charge in [-0.3, -0.25) is 9.59 Å². The minimum absolute atomic E-state index is 0.126. The molecule has 5 nitrogen and oxygen atoms in total. The summed E-state index contributed by atoms with van der Waals surface area (Å²) < 4.78 is 5.82. The molecular formula is C29H32Cl2N2O3. The largest absolute Gasteiger partial charge is 0.484 e. The van der Waals surface area contributed by atoms with Gasteiger partial charge in [-0.05, 0) is 68.7 Å². The molecule has 0 fully saturated rings. The number of aryl methyl sites for hydroxylation is 1. The highest BCUT2D eigenvalue weighted by Gasteiger charge is 2.32. The van der Waals surface area contributed by atoms with Crippen LogP contribution in [0, 0.1) is 6.92 Å². The molecule has 2 amide bonds. The summed E-state index contributed by atoms with van der Waals surface area (Å²) in [7, 11) is 0. The molecule has 0 saturated heterocycles. The predicted octanol–water partition coefficient (Wildman–Crippen LogP) is 6.24. The number of nitrogens with one attached hydrogen (secondary N) is 1. The maximum Gasteiger partial charge on any atom is 0.261 e. The van der Waals surface area contributed by atoms with Crippen molar-refractivity contribution in [2.24, 2.45) is 0 Å². The van der Waals surface area contributed by atoms with Gasteiger partial charge in [0, 0.05) is 28.5 Å². The molecule has 0 radical (unpaired) electrons. The second kappa shape index (κ2) is 12.3. The second-order valence-corrected chi connectivity index (χ2v) is 10.7. The monoisotopic (exact) mass is 526 g/mol. The summed E-state index contributed by atoms with van der Waals surface area (Å²) in [6.45, 7) is 7.59. The van der Waals surface area contributed by atoms with E-state index in [1.54, 1.807) is 29.2 Å².